The highest BCUT2D eigenvalue weighted by Crippen LogP contribution is 2.15. The van der Waals surface area contributed by atoms with Crippen LogP contribution in [0.4, 0.5) is 0 Å². The van der Waals surface area contributed by atoms with Crippen LogP contribution in [0.15, 0.2) is 53.4 Å². The van der Waals surface area contributed by atoms with Crippen LogP contribution in [0.1, 0.15) is 24.5 Å². The topological polar surface area (TPSA) is 84.5 Å². The van der Waals surface area contributed by atoms with E-state index in [1.54, 1.807) is 12.1 Å². The molecule has 0 fully saturated rings. The van der Waals surface area contributed by atoms with Crippen LogP contribution < -0.4 is 14.8 Å². The lowest BCUT2D eigenvalue weighted by Gasteiger charge is -2.09. The number of hydrogen-bond acceptors (Lipinski definition) is 4. The Balaban J connectivity index is 1.80. The summed E-state index contributed by atoms with van der Waals surface area (Å²) in [5.41, 5.74) is 2.14. The van der Waals surface area contributed by atoms with Crippen LogP contribution in [0.2, 0.25) is 0 Å². The van der Waals surface area contributed by atoms with E-state index in [1.165, 1.54) is 12.1 Å². The molecule has 1 amide bonds. The van der Waals surface area contributed by atoms with Crippen molar-refractivity contribution in [3.8, 4) is 5.75 Å². The monoisotopic (exact) mass is 376 g/mol. The highest BCUT2D eigenvalue weighted by molar-refractivity contribution is 7.89. The van der Waals surface area contributed by atoms with Gasteiger partial charge in [0.25, 0.3) is 0 Å². The normalized spacial score (nSPS) is 11.2. The lowest BCUT2D eigenvalue weighted by Crippen LogP contribution is -2.30. The number of rotatable bonds is 9. The molecule has 2 aromatic rings. The molecule has 0 aliphatic carbocycles. The van der Waals surface area contributed by atoms with Crippen LogP contribution in [-0.4, -0.2) is 27.5 Å². The van der Waals surface area contributed by atoms with Gasteiger partial charge in [0.15, 0.2) is 0 Å². The molecule has 0 atom stereocenters. The number of carbonyl (C=O) groups is 1. The maximum atomic E-state index is 12.2. The van der Waals surface area contributed by atoms with Gasteiger partial charge in [-0.05, 0) is 49.2 Å². The molecular weight excluding hydrogens is 352 g/mol. The predicted octanol–water partition coefficient (Wildman–Crippen LogP) is 2.38. The van der Waals surface area contributed by atoms with Crippen LogP contribution >= 0.6 is 0 Å². The third-order valence-corrected chi connectivity index (χ3v) is 5.30. The summed E-state index contributed by atoms with van der Waals surface area (Å²) in [5.74, 6) is 0.407. The van der Waals surface area contributed by atoms with Gasteiger partial charge in [0.05, 0.1) is 11.5 Å². The molecule has 7 heteroatoms. The third kappa shape index (κ3) is 5.86. The molecule has 2 N–H and O–H groups in total. The van der Waals surface area contributed by atoms with E-state index in [2.05, 4.69) is 10.0 Å². The van der Waals surface area contributed by atoms with Crippen molar-refractivity contribution >= 4 is 15.9 Å². The standard InChI is InChI=1S/C19H24N2O4S/c1-3-25-17-8-10-18(11-9-17)26(23,24)21-13-12-19(22)20-14-16-7-5-4-6-15(16)2/h4-11,21H,3,12-14H2,1-2H3,(H,20,22). The van der Waals surface area contributed by atoms with Gasteiger partial charge in [0, 0.05) is 19.5 Å². The van der Waals surface area contributed by atoms with E-state index in [1.807, 2.05) is 38.1 Å². The number of nitrogens with one attached hydrogen (secondary N) is 2. The molecule has 0 aromatic heterocycles. The quantitative estimate of drug-likeness (QED) is 0.704. The molecule has 0 aliphatic rings. The van der Waals surface area contributed by atoms with Gasteiger partial charge in [-0.25, -0.2) is 13.1 Å². The second-order valence-corrected chi connectivity index (χ2v) is 7.52. The summed E-state index contributed by atoms with van der Waals surface area (Å²) in [6.45, 7) is 4.82. The minimum atomic E-state index is -3.65. The maximum Gasteiger partial charge on any atom is 0.240 e. The van der Waals surface area contributed by atoms with Gasteiger partial charge in [0.1, 0.15) is 5.75 Å². The molecule has 0 unspecified atom stereocenters. The summed E-state index contributed by atoms with van der Waals surface area (Å²) in [6, 6.07) is 13.9. The van der Waals surface area contributed by atoms with E-state index in [0.29, 0.717) is 18.9 Å². The Labute approximate surface area is 154 Å². The third-order valence-electron chi connectivity index (χ3n) is 3.83. The molecule has 2 aromatic carbocycles. The van der Waals surface area contributed by atoms with E-state index < -0.39 is 10.0 Å². The zero-order valence-electron chi connectivity index (χ0n) is 15.0. The molecule has 0 spiro atoms. The van der Waals surface area contributed by atoms with E-state index >= 15 is 0 Å². The minimum absolute atomic E-state index is 0.0369. The van der Waals surface area contributed by atoms with Crippen LogP contribution in [0.5, 0.6) is 5.75 Å². The summed E-state index contributed by atoms with van der Waals surface area (Å²) in [7, 11) is -3.65. The lowest BCUT2D eigenvalue weighted by molar-refractivity contribution is -0.121. The van der Waals surface area contributed by atoms with Gasteiger partial charge in [-0.2, -0.15) is 0 Å². The Hall–Kier alpha value is -2.38. The summed E-state index contributed by atoms with van der Waals surface area (Å²) >= 11 is 0. The molecule has 140 valence electrons. The predicted molar refractivity (Wildman–Crippen MR) is 100 cm³/mol. The summed E-state index contributed by atoms with van der Waals surface area (Å²) in [6.07, 6.45) is 0.0716. The second-order valence-electron chi connectivity index (χ2n) is 5.76. The number of aryl methyl sites for hydroxylation is 1. The molecule has 0 saturated carbocycles. The van der Waals surface area contributed by atoms with Crippen LogP contribution in [0, 0.1) is 6.92 Å². The summed E-state index contributed by atoms with van der Waals surface area (Å²) in [4.78, 5) is 12.0. The highest BCUT2D eigenvalue weighted by atomic mass is 32.2. The number of benzene rings is 2. The molecule has 0 saturated heterocycles. The first kappa shape index (κ1) is 19.9. The van der Waals surface area contributed by atoms with Crippen molar-refractivity contribution < 1.29 is 17.9 Å². The van der Waals surface area contributed by atoms with Crippen molar-refractivity contribution in [2.45, 2.75) is 31.7 Å². The van der Waals surface area contributed by atoms with Gasteiger partial charge in [-0.3, -0.25) is 4.79 Å². The fourth-order valence-electron chi connectivity index (χ4n) is 2.35. The number of hydrogen-bond donors (Lipinski definition) is 2. The Kier molecular flexibility index (Phi) is 7.17. The molecule has 2 rings (SSSR count). The lowest BCUT2D eigenvalue weighted by atomic mass is 10.1. The number of amides is 1. The molecule has 0 heterocycles. The smallest absolute Gasteiger partial charge is 0.240 e. The SMILES string of the molecule is CCOc1ccc(S(=O)(=O)NCCC(=O)NCc2ccccc2C)cc1. The molecule has 0 bridgehead atoms. The molecular formula is C19H24N2O4S. The van der Waals surface area contributed by atoms with Gasteiger partial charge in [-0.15, -0.1) is 0 Å². The average Bonchev–Trinajstić information content (AvgIpc) is 2.62. The zero-order valence-corrected chi connectivity index (χ0v) is 15.8. The first-order chi connectivity index (χ1) is 12.4. The van der Waals surface area contributed by atoms with Gasteiger partial charge >= 0.3 is 0 Å². The number of carbonyl (C=O) groups excluding carboxylic acids is 1. The van der Waals surface area contributed by atoms with Crippen molar-refractivity contribution in [2.75, 3.05) is 13.2 Å². The Bertz CT molecular complexity index is 833. The summed E-state index contributed by atoms with van der Waals surface area (Å²) < 4.78 is 32.2. The molecule has 0 radical (unpaired) electrons. The van der Waals surface area contributed by atoms with Crippen LogP contribution in [-0.2, 0) is 21.4 Å². The highest BCUT2D eigenvalue weighted by Gasteiger charge is 2.14. The van der Waals surface area contributed by atoms with E-state index in [0.717, 1.165) is 11.1 Å². The van der Waals surface area contributed by atoms with Crippen LogP contribution in [0.25, 0.3) is 0 Å². The van der Waals surface area contributed by atoms with Gasteiger partial charge in [0.2, 0.25) is 15.9 Å². The van der Waals surface area contributed by atoms with Crippen LogP contribution in [0.3, 0.4) is 0 Å². The Morgan fingerprint density at radius 3 is 2.42 bits per heavy atom. The van der Waals surface area contributed by atoms with Gasteiger partial charge < -0.3 is 10.1 Å². The van der Waals surface area contributed by atoms with E-state index in [9.17, 15) is 13.2 Å². The molecule has 6 nitrogen and oxygen atoms in total. The fourth-order valence-corrected chi connectivity index (χ4v) is 3.39. The Morgan fingerprint density at radius 2 is 1.77 bits per heavy atom. The van der Waals surface area contributed by atoms with Crippen molar-refractivity contribution in [1.29, 1.82) is 0 Å². The van der Waals surface area contributed by atoms with Crippen molar-refractivity contribution in [3.05, 3.63) is 59.7 Å². The zero-order chi connectivity index (χ0) is 19.0. The fraction of sp³-hybridized carbons (Fsp3) is 0.316. The summed E-state index contributed by atoms with van der Waals surface area (Å²) in [5, 5.41) is 2.80. The van der Waals surface area contributed by atoms with Crippen molar-refractivity contribution in [3.63, 3.8) is 0 Å². The molecule has 0 aliphatic heterocycles. The number of sulfonamides is 1. The second kappa shape index (κ2) is 9.35. The van der Waals surface area contributed by atoms with E-state index in [-0.39, 0.29) is 23.8 Å². The van der Waals surface area contributed by atoms with Crippen molar-refractivity contribution in [1.82, 2.24) is 10.0 Å². The number of ether oxygens (including phenoxy) is 1. The minimum Gasteiger partial charge on any atom is -0.494 e. The first-order valence-corrected chi connectivity index (χ1v) is 9.94. The van der Waals surface area contributed by atoms with E-state index in [4.69, 9.17) is 4.74 Å². The maximum absolute atomic E-state index is 12.2. The Morgan fingerprint density at radius 1 is 1.08 bits per heavy atom. The molecule has 26 heavy (non-hydrogen) atoms. The average molecular weight is 376 g/mol. The first-order valence-electron chi connectivity index (χ1n) is 8.46. The largest absolute Gasteiger partial charge is 0.494 e. The van der Waals surface area contributed by atoms with Crippen molar-refractivity contribution in [2.24, 2.45) is 0 Å². The van der Waals surface area contributed by atoms with Gasteiger partial charge in [-0.1, -0.05) is 24.3 Å².